The average molecular weight is 339 g/mol. The third-order valence-electron chi connectivity index (χ3n) is 3.77. The van der Waals surface area contributed by atoms with Crippen molar-refractivity contribution >= 4 is 17.9 Å². The highest BCUT2D eigenvalue weighted by Gasteiger charge is 2.15. The number of amides is 2. The lowest BCUT2D eigenvalue weighted by atomic mass is 10.1. The third-order valence-corrected chi connectivity index (χ3v) is 3.77. The second kappa shape index (κ2) is 8.63. The number of aromatic nitrogens is 1. The fraction of sp³-hybridized carbons (Fsp3) is 0.211. The Kier molecular flexibility index (Phi) is 6.28. The first-order chi connectivity index (χ1) is 12.0. The number of primary amides is 1. The van der Waals surface area contributed by atoms with Gasteiger partial charge < -0.3 is 15.4 Å². The van der Waals surface area contributed by atoms with E-state index in [1.165, 1.54) is 6.08 Å². The zero-order valence-corrected chi connectivity index (χ0v) is 14.3. The Labute approximate surface area is 146 Å². The molecule has 130 valence electrons. The normalized spacial score (nSPS) is 11.9. The van der Waals surface area contributed by atoms with Gasteiger partial charge in [-0.3, -0.25) is 14.6 Å². The van der Waals surface area contributed by atoms with Crippen molar-refractivity contribution in [3.63, 3.8) is 0 Å². The van der Waals surface area contributed by atoms with E-state index in [-0.39, 0.29) is 18.6 Å². The summed E-state index contributed by atoms with van der Waals surface area (Å²) >= 11 is 0. The summed E-state index contributed by atoms with van der Waals surface area (Å²) in [5, 5.41) is 0. The quantitative estimate of drug-likeness (QED) is 0.784. The van der Waals surface area contributed by atoms with Gasteiger partial charge in [-0.25, -0.2) is 0 Å². The number of carbonyl (C=O) groups is 2. The molecule has 1 aromatic heterocycles. The van der Waals surface area contributed by atoms with Crippen LogP contribution < -0.4 is 10.5 Å². The molecule has 1 aromatic carbocycles. The van der Waals surface area contributed by atoms with E-state index in [0.717, 1.165) is 11.1 Å². The van der Waals surface area contributed by atoms with Gasteiger partial charge in [0.2, 0.25) is 5.91 Å². The summed E-state index contributed by atoms with van der Waals surface area (Å²) in [6, 6.07) is 10.7. The molecule has 0 spiro atoms. The van der Waals surface area contributed by atoms with Crippen LogP contribution >= 0.6 is 0 Å². The SMILES string of the molecule is CC(c1cccnc1)N(C)C(=O)/C=C/c1ccc(OCC(N)=O)cc1. The van der Waals surface area contributed by atoms with Gasteiger partial charge in [-0.15, -0.1) is 0 Å². The highest BCUT2D eigenvalue weighted by atomic mass is 16.5. The highest BCUT2D eigenvalue weighted by molar-refractivity contribution is 5.91. The molecular formula is C19H21N3O3. The standard InChI is InChI=1S/C19H21N3O3/c1-14(16-4-3-11-21-12-16)22(2)19(24)10-7-15-5-8-17(9-6-15)25-13-18(20)23/h3-12,14H,13H2,1-2H3,(H2,20,23)/b10-7+. The summed E-state index contributed by atoms with van der Waals surface area (Å²) in [5.41, 5.74) is 6.85. The summed E-state index contributed by atoms with van der Waals surface area (Å²) < 4.78 is 5.19. The molecule has 6 heteroatoms. The van der Waals surface area contributed by atoms with Crippen LogP contribution in [0.3, 0.4) is 0 Å². The van der Waals surface area contributed by atoms with E-state index in [1.54, 1.807) is 54.7 Å². The van der Waals surface area contributed by atoms with Crippen LogP contribution in [0.5, 0.6) is 5.75 Å². The molecule has 1 atom stereocenters. The number of rotatable bonds is 7. The van der Waals surface area contributed by atoms with Crippen molar-refractivity contribution in [1.82, 2.24) is 9.88 Å². The van der Waals surface area contributed by atoms with Crippen molar-refractivity contribution in [3.8, 4) is 5.75 Å². The summed E-state index contributed by atoms with van der Waals surface area (Å²) in [6.07, 6.45) is 6.70. The van der Waals surface area contributed by atoms with Crippen LogP contribution in [0, 0.1) is 0 Å². The topological polar surface area (TPSA) is 85.5 Å². The Morgan fingerprint density at radius 2 is 2.00 bits per heavy atom. The molecule has 0 fully saturated rings. The van der Waals surface area contributed by atoms with Gasteiger partial charge in [-0.2, -0.15) is 0 Å². The summed E-state index contributed by atoms with van der Waals surface area (Å²) in [6.45, 7) is 1.79. The minimum Gasteiger partial charge on any atom is -0.484 e. The van der Waals surface area contributed by atoms with E-state index < -0.39 is 5.91 Å². The lowest BCUT2D eigenvalue weighted by Gasteiger charge is -2.23. The fourth-order valence-electron chi connectivity index (χ4n) is 2.15. The largest absolute Gasteiger partial charge is 0.484 e. The van der Waals surface area contributed by atoms with Gasteiger partial charge >= 0.3 is 0 Å². The summed E-state index contributed by atoms with van der Waals surface area (Å²) in [7, 11) is 1.76. The van der Waals surface area contributed by atoms with Gasteiger partial charge in [-0.05, 0) is 42.3 Å². The fourth-order valence-corrected chi connectivity index (χ4v) is 2.15. The van der Waals surface area contributed by atoms with Gasteiger partial charge in [0.05, 0.1) is 6.04 Å². The maximum absolute atomic E-state index is 12.3. The van der Waals surface area contributed by atoms with Crippen molar-refractivity contribution in [2.24, 2.45) is 5.73 Å². The van der Waals surface area contributed by atoms with E-state index in [0.29, 0.717) is 5.75 Å². The van der Waals surface area contributed by atoms with Gasteiger partial charge in [0.25, 0.3) is 5.91 Å². The second-order valence-corrected chi connectivity index (χ2v) is 5.57. The molecular weight excluding hydrogens is 318 g/mol. The van der Waals surface area contributed by atoms with Crippen molar-refractivity contribution in [2.75, 3.05) is 13.7 Å². The predicted octanol–water partition coefficient (Wildman–Crippen LogP) is 2.18. The van der Waals surface area contributed by atoms with Gasteiger partial charge in [-0.1, -0.05) is 18.2 Å². The second-order valence-electron chi connectivity index (χ2n) is 5.57. The van der Waals surface area contributed by atoms with E-state index in [2.05, 4.69) is 4.98 Å². The Morgan fingerprint density at radius 1 is 1.28 bits per heavy atom. The van der Waals surface area contributed by atoms with E-state index in [1.807, 2.05) is 19.1 Å². The molecule has 1 heterocycles. The number of pyridine rings is 1. The Balaban J connectivity index is 1.96. The molecule has 0 aliphatic heterocycles. The first kappa shape index (κ1) is 18.2. The number of carbonyl (C=O) groups excluding carboxylic acids is 2. The minimum atomic E-state index is -0.527. The first-order valence-electron chi connectivity index (χ1n) is 7.83. The maximum atomic E-state index is 12.3. The van der Waals surface area contributed by atoms with Crippen LogP contribution in [-0.2, 0) is 9.59 Å². The lowest BCUT2D eigenvalue weighted by molar-refractivity contribution is -0.126. The molecule has 0 aliphatic rings. The van der Waals surface area contributed by atoms with Crippen molar-refractivity contribution in [1.29, 1.82) is 0 Å². The molecule has 2 N–H and O–H groups in total. The van der Waals surface area contributed by atoms with Crippen molar-refractivity contribution in [2.45, 2.75) is 13.0 Å². The van der Waals surface area contributed by atoms with Crippen LogP contribution in [0.15, 0.2) is 54.9 Å². The zero-order valence-electron chi connectivity index (χ0n) is 14.3. The number of hydrogen-bond donors (Lipinski definition) is 1. The van der Waals surface area contributed by atoms with Crippen LogP contribution in [0.1, 0.15) is 24.1 Å². The number of hydrogen-bond acceptors (Lipinski definition) is 4. The van der Waals surface area contributed by atoms with E-state index >= 15 is 0 Å². The number of ether oxygens (including phenoxy) is 1. The van der Waals surface area contributed by atoms with E-state index in [4.69, 9.17) is 10.5 Å². The Hall–Kier alpha value is -3.15. The number of nitrogens with two attached hydrogens (primary N) is 1. The van der Waals surface area contributed by atoms with Crippen LogP contribution in [0.2, 0.25) is 0 Å². The molecule has 2 amide bonds. The molecule has 1 unspecified atom stereocenters. The van der Waals surface area contributed by atoms with Gasteiger partial charge in [0.15, 0.2) is 6.61 Å². The van der Waals surface area contributed by atoms with Crippen LogP contribution in [-0.4, -0.2) is 35.4 Å². The van der Waals surface area contributed by atoms with Crippen molar-refractivity contribution in [3.05, 3.63) is 66.0 Å². The number of benzene rings is 1. The Morgan fingerprint density at radius 3 is 2.60 bits per heavy atom. The average Bonchev–Trinajstić information content (AvgIpc) is 2.64. The molecule has 0 radical (unpaired) electrons. The van der Waals surface area contributed by atoms with Gasteiger partial charge in [0, 0.05) is 25.5 Å². The maximum Gasteiger partial charge on any atom is 0.255 e. The molecule has 0 bridgehead atoms. The number of likely N-dealkylation sites (N-methyl/N-ethyl adjacent to an activating group) is 1. The monoisotopic (exact) mass is 339 g/mol. The molecule has 0 saturated heterocycles. The number of nitrogens with zero attached hydrogens (tertiary/aromatic N) is 2. The summed E-state index contributed by atoms with van der Waals surface area (Å²) in [5.74, 6) is -0.0876. The minimum absolute atomic E-state index is 0.0737. The molecule has 2 rings (SSSR count). The third kappa shape index (κ3) is 5.46. The smallest absolute Gasteiger partial charge is 0.255 e. The van der Waals surface area contributed by atoms with Crippen LogP contribution in [0.4, 0.5) is 0 Å². The predicted molar refractivity (Wildman–Crippen MR) is 95.6 cm³/mol. The molecule has 6 nitrogen and oxygen atoms in total. The van der Waals surface area contributed by atoms with Crippen molar-refractivity contribution < 1.29 is 14.3 Å². The molecule has 0 aliphatic carbocycles. The highest BCUT2D eigenvalue weighted by Crippen LogP contribution is 2.18. The molecule has 2 aromatic rings. The van der Waals surface area contributed by atoms with E-state index in [9.17, 15) is 9.59 Å². The zero-order chi connectivity index (χ0) is 18.2. The lowest BCUT2D eigenvalue weighted by Crippen LogP contribution is -2.28. The molecule has 25 heavy (non-hydrogen) atoms. The van der Waals surface area contributed by atoms with Gasteiger partial charge in [0.1, 0.15) is 5.75 Å². The Bertz CT molecular complexity index is 742. The van der Waals surface area contributed by atoms with Crippen LogP contribution in [0.25, 0.3) is 6.08 Å². The molecule has 0 saturated carbocycles. The first-order valence-corrected chi connectivity index (χ1v) is 7.83. The summed E-state index contributed by atoms with van der Waals surface area (Å²) in [4.78, 5) is 28.7.